The molecule has 1 unspecified atom stereocenters. The zero-order chi connectivity index (χ0) is 5.28. The van der Waals surface area contributed by atoms with Crippen LogP contribution in [-0.4, -0.2) is 11.8 Å². The molecule has 1 saturated heterocycles. The third kappa shape index (κ3) is 0.983. The monoisotopic (exact) mass is 115 g/mol. The normalized spacial score (nSPS) is 31.6. The lowest BCUT2D eigenvalue weighted by atomic mass is 10.2. The van der Waals surface area contributed by atoms with Crippen molar-refractivity contribution >= 4 is 11.8 Å². The second-order valence-electron chi connectivity index (χ2n) is 1.71. The van der Waals surface area contributed by atoms with E-state index in [1.54, 1.807) is 11.8 Å². The number of hydrogen-bond donors (Lipinski definition) is 1. The van der Waals surface area contributed by atoms with Crippen LogP contribution >= 0.6 is 11.8 Å². The van der Waals surface area contributed by atoms with Crippen LogP contribution in [0.25, 0.3) is 0 Å². The maximum atomic E-state index is 5.56. The minimum atomic E-state index is 0.282. The summed E-state index contributed by atoms with van der Waals surface area (Å²) in [4.78, 5) is 1.15. The van der Waals surface area contributed by atoms with Gasteiger partial charge in [-0.25, -0.2) is 0 Å². The van der Waals surface area contributed by atoms with Crippen LogP contribution in [0.1, 0.15) is 6.42 Å². The Morgan fingerprint density at radius 1 is 1.86 bits per heavy atom. The summed E-state index contributed by atoms with van der Waals surface area (Å²) in [6, 6.07) is 0.282. The zero-order valence-corrected chi connectivity index (χ0v) is 5.00. The molecule has 1 heterocycles. The van der Waals surface area contributed by atoms with Gasteiger partial charge in [0.2, 0.25) is 0 Å². The molecular formula is C5H9NS. The van der Waals surface area contributed by atoms with Gasteiger partial charge in [-0.05, 0) is 17.1 Å². The van der Waals surface area contributed by atoms with E-state index >= 15 is 0 Å². The molecule has 0 aromatic heterocycles. The molecule has 1 nitrogen and oxygen atoms in total. The van der Waals surface area contributed by atoms with Gasteiger partial charge in [0.1, 0.15) is 0 Å². The van der Waals surface area contributed by atoms with E-state index in [9.17, 15) is 0 Å². The molecule has 0 radical (unpaired) electrons. The van der Waals surface area contributed by atoms with Crippen molar-refractivity contribution in [2.75, 3.05) is 5.75 Å². The van der Waals surface area contributed by atoms with E-state index in [4.69, 9.17) is 5.73 Å². The van der Waals surface area contributed by atoms with Crippen LogP contribution in [0, 0.1) is 0 Å². The van der Waals surface area contributed by atoms with Gasteiger partial charge in [0.15, 0.2) is 0 Å². The van der Waals surface area contributed by atoms with Gasteiger partial charge in [-0.2, -0.15) is 0 Å². The Kier molecular flexibility index (Phi) is 1.40. The van der Waals surface area contributed by atoms with Crippen LogP contribution in [0.5, 0.6) is 0 Å². The molecular weight excluding hydrogens is 106 g/mol. The van der Waals surface area contributed by atoms with Crippen LogP contribution < -0.4 is 5.73 Å². The largest absolute Gasteiger partial charge is 0.324 e. The summed E-state index contributed by atoms with van der Waals surface area (Å²) in [5.41, 5.74) is 5.56. The number of rotatable bonds is 0. The highest BCUT2D eigenvalue weighted by Crippen LogP contribution is 2.26. The molecule has 0 aromatic rings. The van der Waals surface area contributed by atoms with Crippen molar-refractivity contribution in [3.63, 3.8) is 0 Å². The van der Waals surface area contributed by atoms with Crippen molar-refractivity contribution in [3.05, 3.63) is 11.5 Å². The first-order valence-electron chi connectivity index (χ1n) is 2.38. The fourth-order valence-electron chi connectivity index (χ4n) is 0.585. The quantitative estimate of drug-likeness (QED) is 0.509. The topological polar surface area (TPSA) is 26.0 Å². The number of thioether (sulfide) groups is 1. The molecule has 2 heteroatoms. The zero-order valence-electron chi connectivity index (χ0n) is 4.18. The average molecular weight is 115 g/mol. The Hall–Kier alpha value is 0.0500. The van der Waals surface area contributed by atoms with Gasteiger partial charge in [-0.3, -0.25) is 0 Å². The molecule has 0 bridgehead atoms. The Balaban J connectivity index is 2.48. The van der Waals surface area contributed by atoms with Gasteiger partial charge < -0.3 is 5.73 Å². The smallest absolute Gasteiger partial charge is 0.0357 e. The average Bonchev–Trinajstić information content (AvgIpc) is 1.91. The second kappa shape index (κ2) is 1.88. The third-order valence-electron chi connectivity index (χ3n) is 1.13. The van der Waals surface area contributed by atoms with Gasteiger partial charge in [0.25, 0.3) is 0 Å². The van der Waals surface area contributed by atoms with Gasteiger partial charge in [-0.1, -0.05) is 6.58 Å². The molecule has 40 valence electrons. The van der Waals surface area contributed by atoms with Crippen molar-refractivity contribution in [3.8, 4) is 0 Å². The van der Waals surface area contributed by atoms with E-state index in [0.29, 0.717) is 0 Å². The Labute approximate surface area is 48.0 Å². The van der Waals surface area contributed by atoms with Gasteiger partial charge in [0.05, 0.1) is 0 Å². The highest BCUT2D eigenvalue weighted by atomic mass is 32.2. The predicted molar refractivity (Wildman–Crippen MR) is 34.2 cm³/mol. The molecule has 1 atom stereocenters. The summed E-state index contributed by atoms with van der Waals surface area (Å²) in [5, 5.41) is 0. The molecule has 0 spiro atoms. The van der Waals surface area contributed by atoms with E-state index < -0.39 is 0 Å². The van der Waals surface area contributed by atoms with Crippen molar-refractivity contribution in [2.45, 2.75) is 12.5 Å². The Morgan fingerprint density at radius 2 is 2.57 bits per heavy atom. The van der Waals surface area contributed by atoms with Gasteiger partial charge >= 0.3 is 0 Å². The highest BCUT2D eigenvalue weighted by molar-refractivity contribution is 8.03. The van der Waals surface area contributed by atoms with Crippen LogP contribution in [0.15, 0.2) is 11.5 Å². The maximum absolute atomic E-state index is 5.56. The lowest BCUT2D eigenvalue weighted by Crippen LogP contribution is -2.15. The SMILES string of the molecule is C=C1SCCC1N. The highest BCUT2D eigenvalue weighted by Gasteiger charge is 2.13. The van der Waals surface area contributed by atoms with E-state index in [-0.39, 0.29) is 6.04 Å². The van der Waals surface area contributed by atoms with Gasteiger partial charge in [-0.15, -0.1) is 11.8 Å². The minimum absolute atomic E-state index is 0.282. The molecule has 1 rings (SSSR count). The van der Waals surface area contributed by atoms with E-state index in [2.05, 4.69) is 6.58 Å². The predicted octanol–water partition coefficient (Wildman–Crippen LogP) is 0.964. The molecule has 0 saturated carbocycles. The molecule has 1 aliphatic heterocycles. The fourth-order valence-corrected chi connectivity index (χ4v) is 1.55. The molecule has 0 aliphatic carbocycles. The summed E-state index contributed by atoms with van der Waals surface area (Å²) in [6.45, 7) is 3.77. The standard InChI is InChI=1S/C5H9NS/c1-4-5(6)2-3-7-4/h5H,1-3,6H2. The first-order valence-corrected chi connectivity index (χ1v) is 3.36. The number of nitrogens with two attached hydrogens (primary N) is 1. The van der Waals surface area contributed by atoms with Crippen LogP contribution in [-0.2, 0) is 0 Å². The molecule has 0 aromatic carbocycles. The lowest BCUT2D eigenvalue weighted by Gasteiger charge is -1.96. The summed E-state index contributed by atoms with van der Waals surface area (Å²) in [6.07, 6.45) is 1.11. The first-order chi connectivity index (χ1) is 3.30. The van der Waals surface area contributed by atoms with Crippen molar-refractivity contribution in [1.29, 1.82) is 0 Å². The van der Waals surface area contributed by atoms with E-state index in [1.165, 1.54) is 5.75 Å². The van der Waals surface area contributed by atoms with E-state index in [0.717, 1.165) is 11.3 Å². The molecule has 1 fully saturated rings. The van der Waals surface area contributed by atoms with Crippen molar-refractivity contribution in [2.24, 2.45) is 5.73 Å². The van der Waals surface area contributed by atoms with Crippen LogP contribution in [0.3, 0.4) is 0 Å². The second-order valence-corrected chi connectivity index (χ2v) is 2.93. The summed E-state index contributed by atoms with van der Waals surface area (Å²) < 4.78 is 0. The molecule has 1 aliphatic rings. The summed E-state index contributed by atoms with van der Waals surface area (Å²) in [5.74, 6) is 1.17. The van der Waals surface area contributed by atoms with Crippen LogP contribution in [0.2, 0.25) is 0 Å². The lowest BCUT2D eigenvalue weighted by molar-refractivity contribution is 0.806. The van der Waals surface area contributed by atoms with Crippen molar-refractivity contribution in [1.82, 2.24) is 0 Å². The fraction of sp³-hybridized carbons (Fsp3) is 0.600. The van der Waals surface area contributed by atoms with Crippen molar-refractivity contribution < 1.29 is 0 Å². The van der Waals surface area contributed by atoms with Gasteiger partial charge in [0, 0.05) is 6.04 Å². The summed E-state index contributed by atoms with van der Waals surface area (Å²) >= 11 is 1.79. The molecule has 0 amide bonds. The minimum Gasteiger partial charge on any atom is -0.324 e. The number of hydrogen-bond acceptors (Lipinski definition) is 2. The summed E-state index contributed by atoms with van der Waals surface area (Å²) in [7, 11) is 0. The Morgan fingerprint density at radius 3 is 2.71 bits per heavy atom. The van der Waals surface area contributed by atoms with Crippen LogP contribution in [0.4, 0.5) is 0 Å². The maximum Gasteiger partial charge on any atom is 0.0357 e. The molecule has 2 N–H and O–H groups in total. The third-order valence-corrected chi connectivity index (χ3v) is 2.24. The van der Waals surface area contributed by atoms with E-state index in [1.807, 2.05) is 0 Å². The first kappa shape index (κ1) is 5.19. The molecule has 7 heavy (non-hydrogen) atoms. The Bertz CT molecular complexity index is 90.1.